The average Bonchev–Trinajstić information content (AvgIpc) is 2.90. The van der Waals surface area contributed by atoms with Crippen LogP contribution in [0.2, 0.25) is 5.02 Å². The van der Waals surface area contributed by atoms with Gasteiger partial charge < -0.3 is 4.74 Å². The van der Waals surface area contributed by atoms with Crippen LogP contribution in [0.25, 0.3) is 23.1 Å². The van der Waals surface area contributed by atoms with Crippen LogP contribution in [0.3, 0.4) is 0 Å². The largest absolute Gasteiger partial charge is 0.462 e. The number of pyridine rings is 1. The summed E-state index contributed by atoms with van der Waals surface area (Å²) in [6, 6.07) is 25.4. The molecule has 0 radical (unpaired) electrons. The molecule has 0 fully saturated rings. The van der Waals surface area contributed by atoms with Crippen molar-refractivity contribution >= 4 is 57.5 Å². The fourth-order valence-corrected chi connectivity index (χ4v) is 5.26. The quantitative estimate of drug-likeness (QED) is 0.204. The minimum absolute atomic E-state index is 0.0398. The first-order valence-electron chi connectivity index (χ1n) is 12.2. The van der Waals surface area contributed by atoms with Crippen molar-refractivity contribution in [2.24, 2.45) is 0 Å². The van der Waals surface area contributed by atoms with Gasteiger partial charge in [0.25, 0.3) is 0 Å². The third-order valence-corrected chi connectivity index (χ3v) is 7.26. The van der Waals surface area contributed by atoms with Crippen LogP contribution in [-0.2, 0) is 16.0 Å². The van der Waals surface area contributed by atoms with Crippen molar-refractivity contribution in [1.29, 1.82) is 0 Å². The zero-order valence-electron chi connectivity index (χ0n) is 20.8. The summed E-state index contributed by atoms with van der Waals surface area (Å²) in [7, 11) is 0. The van der Waals surface area contributed by atoms with Crippen molar-refractivity contribution in [2.75, 3.05) is 6.61 Å². The number of aromatic nitrogens is 1. The Labute approximate surface area is 226 Å². The molecular weight excluding hydrogens is 502 g/mol. The molecule has 0 aliphatic carbocycles. The Kier molecular flexibility index (Phi) is 9.15. The minimum atomic E-state index is -0.314. The zero-order chi connectivity index (χ0) is 26.2. The lowest BCUT2D eigenvalue weighted by Crippen LogP contribution is -2.09. The van der Waals surface area contributed by atoms with Crippen LogP contribution in [0, 0.1) is 0 Å². The maximum absolute atomic E-state index is 12.4. The van der Waals surface area contributed by atoms with Gasteiger partial charge in [-0.1, -0.05) is 84.0 Å². The van der Waals surface area contributed by atoms with E-state index < -0.39 is 0 Å². The molecule has 37 heavy (non-hydrogen) atoms. The summed E-state index contributed by atoms with van der Waals surface area (Å²) < 4.78 is 5.22. The fourth-order valence-electron chi connectivity index (χ4n) is 4.17. The monoisotopic (exact) mass is 529 g/mol. The standard InChI is InChI=1S/C31H28ClNO3S/c1-3-36-31(35)28-10-5-4-8-23(28)14-18-30(37-21(2)34)25-9-6-7-22(19-25)11-16-27-17-13-24-12-15-26(32)20-29(24)33-27/h4-13,15-17,19-20,30H,3,14,18H2,1-2H3. The van der Waals surface area contributed by atoms with E-state index in [0.717, 1.165) is 33.3 Å². The van der Waals surface area contributed by atoms with Gasteiger partial charge in [-0.15, -0.1) is 0 Å². The maximum Gasteiger partial charge on any atom is 0.338 e. The predicted octanol–water partition coefficient (Wildman–Crippen LogP) is 8.19. The van der Waals surface area contributed by atoms with E-state index in [1.807, 2.05) is 78.9 Å². The highest BCUT2D eigenvalue weighted by Gasteiger charge is 2.18. The Morgan fingerprint density at radius 3 is 2.62 bits per heavy atom. The molecule has 4 aromatic rings. The molecule has 1 atom stereocenters. The van der Waals surface area contributed by atoms with E-state index in [9.17, 15) is 9.59 Å². The number of benzene rings is 3. The van der Waals surface area contributed by atoms with Gasteiger partial charge in [0.1, 0.15) is 0 Å². The van der Waals surface area contributed by atoms with Crippen LogP contribution in [0.5, 0.6) is 0 Å². The van der Waals surface area contributed by atoms with Gasteiger partial charge in [0.2, 0.25) is 0 Å². The Morgan fingerprint density at radius 1 is 1.00 bits per heavy atom. The summed E-state index contributed by atoms with van der Waals surface area (Å²) in [5, 5.41) is 1.72. The number of aryl methyl sites for hydroxylation is 1. The normalized spacial score (nSPS) is 12.1. The summed E-state index contributed by atoms with van der Waals surface area (Å²) in [6.07, 6.45) is 5.36. The van der Waals surface area contributed by atoms with Crippen molar-refractivity contribution in [1.82, 2.24) is 4.98 Å². The number of ether oxygens (including phenoxy) is 1. The first-order chi connectivity index (χ1) is 17.9. The molecule has 1 unspecified atom stereocenters. The number of esters is 1. The summed E-state index contributed by atoms with van der Waals surface area (Å²) in [4.78, 5) is 29.2. The highest BCUT2D eigenvalue weighted by Crippen LogP contribution is 2.35. The van der Waals surface area contributed by atoms with E-state index in [4.69, 9.17) is 16.3 Å². The van der Waals surface area contributed by atoms with Gasteiger partial charge in [-0.05, 0) is 66.8 Å². The summed E-state index contributed by atoms with van der Waals surface area (Å²) in [6.45, 7) is 3.72. The number of rotatable bonds is 9. The van der Waals surface area contributed by atoms with Crippen LogP contribution in [-0.4, -0.2) is 22.7 Å². The average molecular weight is 530 g/mol. The van der Waals surface area contributed by atoms with Crippen molar-refractivity contribution in [2.45, 2.75) is 31.9 Å². The van der Waals surface area contributed by atoms with Gasteiger partial charge in [-0.3, -0.25) is 4.79 Å². The Morgan fingerprint density at radius 2 is 1.81 bits per heavy atom. The SMILES string of the molecule is CCOC(=O)c1ccccc1CCC(SC(C)=O)c1cccc(C=Cc2ccc3ccc(Cl)cc3n2)c1. The van der Waals surface area contributed by atoms with Gasteiger partial charge in [0.05, 0.1) is 23.4 Å². The molecule has 0 N–H and O–H groups in total. The molecule has 0 saturated heterocycles. The fraction of sp³-hybridized carbons (Fsp3) is 0.194. The van der Waals surface area contributed by atoms with Crippen LogP contribution in [0.4, 0.5) is 0 Å². The van der Waals surface area contributed by atoms with E-state index in [-0.39, 0.29) is 16.3 Å². The lowest BCUT2D eigenvalue weighted by molar-refractivity contribution is -0.109. The number of thioether (sulfide) groups is 1. The number of carbonyl (C=O) groups is 2. The first kappa shape index (κ1) is 26.6. The maximum atomic E-state index is 12.4. The molecule has 4 nitrogen and oxygen atoms in total. The molecule has 4 rings (SSSR count). The van der Waals surface area contributed by atoms with Gasteiger partial charge in [0.15, 0.2) is 5.12 Å². The number of carbonyl (C=O) groups excluding carboxylic acids is 2. The van der Waals surface area contributed by atoms with Crippen LogP contribution in [0.1, 0.15) is 58.3 Å². The van der Waals surface area contributed by atoms with Crippen LogP contribution >= 0.6 is 23.4 Å². The molecule has 1 aromatic heterocycles. The van der Waals surface area contributed by atoms with Crippen LogP contribution < -0.4 is 0 Å². The molecule has 0 bridgehead atoms. The van der Waals surface area contributed by atoms with Crippen molar-refractivity contribution in [3.05, 3.63) is 112 Å². The molecule has 188 valence electrons. The molecule has 0 aliphatic rings. The van der Waals surface area contributed by atoms with Gasteiger partial charge >= 0.3 is 5.97 Å². The molecule has 3 aromatic carbocycles. The Hall–Kier alpha value is -3.41. The molecule has 0 saturated carbocycles. The number of nitrogens with zero attached hydrogens (tertiary/aromatic N) is 1. The highest BCUT2D eigenvalue weighted by molar-refractivity contribution is 8.13. The molecule has 0 spiro atoms. The second-order valence-electron chi connectivity index (χ2n) is 8.59. The van der Waals surface area contributed by atoms with Crippen molar-refractivity contribution in [3.8, 4) is 0 Å². The molecule has 1 heterocycles. The van der Waals surface area contributed by atoms with Gasteiger partial charge in [-0.25, -0.2) is 9.78 Å². The van der Waals surface area contributed by atoms with Gasteiger partial charge in [0, 0.05) is 22.6 Å². The zero-order valence-corrected chi connectivity index (χ0v) is 22.4. The van der Waals surface area contributed by atoms with Crippen molar-refractivity contribution < 1.29 is 14.3 Å². The lowest BCUT2D eigenvalue weighted by Gasteiger charge is -2.17. The van der Waals surface area contributed by atoms with E-state index in [1.54, 1.807) is 19.9 Å². The molecule has 0 amide bonds. The number of hydrogen-bond donors (Lipinski definition) is 0. The topological polar surface area (TPSA) is 56.3 Å². The second kappa shape index (κ2) is 12.7. The first-order valence-corrected chi connectivity index (χ1v) is 13.5. The van der Waals surface area contributed by atoms with Crippen LogP contribution in [0.15, 0.2) is 78.9 Å². The lowest BCUT2D eigenvalue weighted by atomic mass is 9.98. The predicted molar refractivity (Wildman–Crippen MR) is 154 cm³/mol. The molecule has 6 heteroatoms. The number of fused-ring (bicyclic) bond motifs is 1. The highest BCUT2D eigenvalue weighted by atomic mass is 35.5. The van der Waals surface area contributed by atoms with E-state index >= 15 is 0 Å². The van der Waals surface area contributed by atoms with E-state index in [2.05, 4.69) is 11.1 Å². The summed E-state index contributed by atoms with van der Waals surface area (Å²) in [5.41, 5.74) is 5.28. The van der Waals surface area contributed by atoms with Crippen molar-refractivity contribution in [3.63, 3.8) is 0 Å². The summed E-state index contributed by atoms with van der Waals surface area (Å²) >= 11 is 7.44. The van der Waals surface area contributed by atoms with Gasteiger partial charge in [-0.2, -0.15) is 0 Å². The third kappa shape index (κ3) is 7.31. The smallest absolute Gasteiger partial charge is 0.338 e. The Balaban J connectivity index is 1.53. The summed E-state index contributed by atoms with van der Waals surface area (Å²) in [5.74, 6) is -0.314. The Bertz CT molecular complexity index is 1450. The van der Waals surface area contributed by atoms with E-state index in [1.165, 1.54) is 11.8 Å². The molecular formula is C31H28ClNO3S. The van der Waals surface area contributed by atoms with E-state index in [0.29, 0.717) is 30.0 Å². The third-order valence-electron chi connectivity index (χ3n) is 5.90. The molecule has 0 aliphatic heterocycles. The second-order valence-corrected chi connectivity index (χ2v) is 10.4. The number of hydrogen-bond acceptors (Lipinski definition) is 5. The number of halogens is 1. The minimum Gasteiger partial charge on any atom is -0.462 e.